The Morgan fingerprint density at radius 2 is 1.61 bits per heavy atom. The van der Waals surface area contributed by atoms with Crippen LogP contribution in [-0.4, -0.2) is 33.5 Å². The number of alkyl halides is 3. The van der Waals surface area contributed by atoms with Crippen molar-refractivity contribution < 1.29 is 31.1 Å². The third kappa shape index (κ3) is 5.88. The zero-order chi connectivity index (χ0) is 21.1. The van der Waals surface area contributed by atoms with Gasteiger partial charge in [0.15, 0.2) is 0 Å². The van der Waals surface area contributed by atoms with Gasteiger partial charge in [0, 0.05) is 5.69 Å². The first-order valence-electron chi connectivity index (χ1n) is 8.06. The van der Waals surface area contributed by atoms with E-state index in [0.717, 1.165) is 22.7 Å². The number of hydrogen-bond acceptors (Lipinski definition) is 4. The van der Waals surface area contributed by atoms with Gasteiger partial charge in [-0.3, -0.25) is 9.10 Å². The SMILES string of the molecule is Cc1cccc(C)c1N(CC(=O)Nc1ccc(OC(F)(F)F)cc1)S(C)(=O)=O. The first-order chi connectivity index (χ1) is 12.9. The molecule has 0 heterocycles. The molecular weight excluding hydrogens is 397 g/mol. The van der Waals surface area contributed by atoms with Gasteiger partial charge < -0.3 is 10.1 Å². The minimum atomic E-state index is -4.81. The van der Waals surface area contributed by atoms with E-state index in [0.29, 0.717) is 16.8 Å². The molecule has 152 valence electrons. The van der Waals surface area contributed by atoms with Crippen molar-refractivity contribution in [3.63, 3.8) is 0 Å². The Morgan fingerprint density at radius 1 is 1.07 bits per heavy atom. The Balaban J connectivity index is 2.17. The second kappa shape index (κ2) is 8.09. The molecule has 1 amide bonds. The predicted molar refractivity (Wildman–Crippen MR) is 99.9 cm³/mol. The molecule has 0 fully saturated rings. The molecule has 0 aromatic heterocycles. The van der Waals surface area contributed by atoms with Crippen LogP contribution in [0.4, 0.5) is 24.5 Å². The number of nitrogens with one attached hydrogen (secondary N) is 1. The summed E-state index contributed by atoms with van der Waals surface area (Å²) in [6.07, 6.45) is -3.82. The van der Waals surface area contributed by atoms with Gasteiger partial charge in [-0.1, -0.05) is 18.2 Å². The van der Waals surface area contributed by atoms with E-state index >= 15 is 0 Å². The zero-order valence-electron chi connectivity index (χ0n) is 15.4. The van der Waals surface area contributed by atoms with Gasteiger partial charge in [0.2, 0.25) is 15.9 Å². The molecule has 6 nitrogen and oxygen atoms in total. The van der Waals surface area contributed by atoms with Crippen molar-refractivity contribution in [2.24, 2.45) is 0 Å². The van der Waals surface area contributed by atoms with Gasteiger partial charge in [-0.05, 0) is 49.2 Å². The van der Waals surface area contributed by atoms with Gasteiger partial charge in [0.05, 0.1) is 11.9 Å². The number of amides is 1. The number of sulfonamides is 1. The fourth-order valence-electron chi connectivity index (χ4n) is 2.63. The Hall–Kier alpha value is -2.75. The third-order valence-corrected chi connectivity index (χ3v) is 4.86. The maximum Gasteiger partial charge on any atom is 0.573 e. The maximum atomic E-state index is 12.4. The molecule has 0 atom stereocenters. The Morgan fingerprint density at radius 3 is 2.07 bits per heavy atom. The molecule has 0 radical (unpaired) electrons. The average molecular weight is 416 g/mol. The summed E-state index contributed by atoms with van der Waals surface area (Å²) in [6, 6.07) is 9.78. The van der Waals surface area contributed by atoms with Gasteiger partial charge in [-0.25, -0.2) is 8.42 Å². The van der Waals surface area contributed by atoms with E-state index in [1.807, 2.05) is 0 Å². The predicted octanol–water partition coefficient (Wildman–Crippen LogP) is 3.61. The largest absolute Gasteiger partial charge is 0.573 e. The molecule has 1 N–H and O–H groups in total. The normalized spacial score (nSPS) is 11.8. The molecule has 0 unspecified atom stereocenters. The zero-order valence-corrected chi connectivity index (χ0v) is 16.2. The fourth-order valence-corrected chi connectivity index (χ4v) is 3.60. The Bertz CT molecular complexity index is 938. The van der Waals surface area contributed by atoms with Crippen LogP contribution in [-0.2, 0) is 14.8 Å². The van der Waals surface area contributed by atoms with Crippen molar-refractivity contribution in [3.05, 3.63) is 53.6 Å². The molecule has 0 aliphatic rings. The van der Waals surface area contributed by atoms with Crippen molar-refractivity contribution in [2.45, 2.75) is 20.2 Å². The van der Waals surface area contributed by atoms with E-state index in [9.17, 15) is 26.4 Å². The summed E-state index contributed by atoms with van der Waals surface area (Å²) < 4.78 is 65.7. The van der Waals surface area contributed by atoms with E-state index in [1.54, 1.807) is 32.0 Å². The van der Waals surface area contributed by atoms with Gasteiger partial charge in [-0.15, -0.1) is 13.2 Å². The Labute approximate surface area is 161 Å². The number of aryl methyl sites for hydroxylation is 2. The highest BCUT2D eigenvalue weighted by atomic mass is 32.2. The van der Waals surface area contributed by atoms with Crippen molar-refractivity contribution in [1.29, 1.82) is 0 Å². The minimum absolute atomic E-state index is 0.203. The molecule has 0 saturated heterocycles. The topological polar surface area (TPSA) is 75.7 Å². The first kappa shape index (κ1) is 21.5. The highest BCUT2D eigenvalue weighted by Gasteiger charge is 2.31. The molecule has 0 saturated carbocycles. The van der Waals surface area contributed by atoms with E-state index < -0.39 is 34.6 Å². The third-order valence-electron chi connectivity index (χ3n) is 3.75. The van der Waals surface area contributed by atoms with Gasteiger partial charge in [0.25, 0.3) is 0 Å². The molecule has 0 aliphatic carbocycles. The number of anilines is 2. The van der Waals surface area contributed by atoms with Crippen LogP contribution in [0.15, 0.2) is 42.5 Å². The summed E-state index contributed by atoms with van der Waals surface area (Å²) in [4.78, 5) is 12.4. The number of carbonyl (C=O) groups is 1. The second-order valence-corrected chi connectivity index (χ2v) is 8.04. The number of ether oxygens (including phenoxy) is 1. The van der Waals surface area contributed by atoms with Gasteiger partial charge >= 0.3 is 6.36 Å². The molecule has 10 heteroatoms. The molecule has 2 aromatic carbocycles. The smallest absolute Gasteiger partial charge is 0.406 e. The number of rotatable bonds is 6. The molecule has 28 heavy (non-hydrogen) atoms. The van der Waals surface area contributed by atoms with Crippen LogP contribution in [0.3, 0.4) is 0 Å². The highest BCUT2D eigenvalue weighted by Crippen LogP contribution is 2.27. The van der Waals surface area contributed by atoms with E-state index in [-0.39, 0.29) is 5.69 Å². The first-order valence-corrected chi connectivity index (χ1v) is 9.91. The lowest BCUT2D eigenvalue weighted by molar-refractivity contribution is -0.274. The number of para-hydroxylation sites is 1. The van der Waals surface area contributed by atoms with Crippen molar-refractivity contribution >= 4 is 27.3 Å². The minimum Gasteiger partial charge on any atom is -0.406 e. The standard InChI is InChI=1S/C18H19F3N2O4S/c1-12-5-4-6-13(2)17(12)23(28(3,25)26)11-16(24)22-14-7-9-15(10-8-14)27-18(19,20)21/h4-10H,11H2,1-3H3,(H,22,24). The van der Waals surface area contributed by atoms with Crippen molar-refractivity contribution in [2.75, 3.05) is 22.4 Å². The quantitative estimate of drug-likeness (QED) is 0.781. The van der Waals surface area contributed by atoms with Gasteiger partial charge in [0.1, 0.15) is 12.3 Å². The van der Waals surface area contributed by atoms with Crippen LogP contribution in [0.2, 0.25) is 0 Å². The highest BCUT2D eigenvalue weighted by molar-refractivity contribution is 7.92. The Kier molecular flexibility index (Phi) is 6.23. The summed E-state index contributed by atoms with van der Waals surface area (Å²) in [6.45, 7) is 2.99. The summed E-state index contributed by atoms with van der Waals surface area (Å²) in [5, 5.41) is 2.46. The molecule has 2 rings (SSSR count). The molecule has 0 spiro atoms. The van der Waals surface area contributed by atoms with Crippen molar-refractivity contribution in [1.82, 2.24) is 0 Å². The fraction of sp³-hybridized carbons (Fsp3) is 0.278. The molecular formula is C18H19F3N2O4S. The van der Waals surface area contributed by atoms with Crippen LogP contribution in [0.1, 0.15) is 11.1 Å². The van der Waals surface area contributed by atoms with Crippen LogP contribution in [0, 0.1) is 13.8 Å². The summed E-state index contributed by atoms with van der Waals surface area (Å²) in [7, 11) is -3.75. The van der Waals surface area contributed by atoms with Crippen LogP contribution in [0.25, 0.3) is 0 Å². The summed E-state index contributed by atoms with van der Waals surface area (Å²) in [5.41, 5.74) is 1.99. The van der Waals surface area contributed by atoms with Crippen LogP contribution >= 0.6 is 0 Å². The van der Waals surface area contributed by atoms with Crippen LogP contribution < -0.4 is 14.4 Å². The number of hydrogen-bond donors (Lipinski definition) is 1. The van der Waals surface area contributed by atoms with Crippen LogP contribution in [0.5, 0.6) is 5.75 Å². The molecule has 0 aliphatic heterocycles. The lowest BCUT2D eigenvalue weighted by atomic mass is 10.1. The van der Waals surface area contributed by atoms with Crippen molar-refractivity contribution in [3.8, 4) is 5.75 Å². The van der Waals surface area contributed by atoms with E-state index in [1.165, 1.54) is 12.1 Å². The summed E-state index contributed by atoms with van der Waals surface area (Å²) in [5.74, 6) is -1.07. The number of halogens is 3. The lowest BCUT2D eigenvalue weighted by Gasteiger charge is -2.25. The summed E-state index contributed by atoms with van der Waals surface area (Å²) >= 11 is 0. The number of nitrogens with zero attached hydrogens (tertiary/aromatic N) is 1. The number of carbonyl (C=O) groups excluding carboxylic acids is 1. The molecule has 0 bridgehead atoms. The van der Waals surface area contributed by atoms with E-state index in [2.05, 4.69) is 10.1 Å². The lowest BCUT2D eigenvalue weighted by Crippen LogP contribution is -2.38. The van der Waals surface area contributed by atoms with Gasteiger partial charge in [-0.2, -0.15) is 0 Å². The molecule has 2 aromatic rings. The number of benzene rings is 2. The van der Waals surface area contributed by atoms with E-state index in [4.69, 9.17) is 0 Å². The second-order valence-electron chi connectivity index (χ2n) is 6.13. The monoisotopic (exact) mass is 416 g/mol. The maximum absolute atomic E-state index is 12.4. The average Bonchev–Trinajstić information content (AvgIpc) is 2.53.